The Morgan fingerprint density at radius 2 is 1.65 bits per heavy atom. The summed E-state index contributed by atoms with van der Waals surface area (Å²) < 4.78 is 1.19. The first-order valence-corrected chi connectivity index (χ1v) is 9.88. The van der Waals surface area contributed by atoms with Gasteiger partial charge in [0.2, 0.25) is 0 Å². The third-order valence-corrected chi connectivity index (χ3v) is 5.48. The van der Waals surface area contributed by atoms with Crippen molar-refractivity contribution in [3.8, 4) is 0 Å². The van der Waals surface area contributed by atoms with Gasteiger partial charge >= 0.3 is 0 Å². The zero-order valence-corrected chi connectivity index (χ0v) is 15.3. The highest BCUT2D eigenvalue weighted by atomic mass is 79.9. The van der Waals surface area contributed by atoms with Crippen molar-refractivity contribution in [3.63, 3.8) is 0 Å². The van der Waals surface area contributed by atoms with Crippen molar-refractivity contribution in [2.24, 2.45) is 5.73 Å². The SMILES string of the molecule is CCCCCCCCCCCC(N)Cc1cc(Br)cs1. The maximum absolute atomic E-state index is 6.20. The lowest BCUT2D eigenvalue weighted by molar-refractivity contribution is 0.523. The molecule has 0 bridgehead atoms. The minimum absolute atomic E-state index is 0.338. The fraction of sp³-hybridized carbons (Fsp3) is 0.765. The van der Waals surface area contributed by atoms with Crippen molar-refractivity contribution in [3.05, 3.63) is 20.8 Å². The van der Waals surface area contributed by atoms with Crippen LogP contribution in [0.5, 0.6) is 0 Å². The first-order valence-electron chi connectivity index (χ1n) is 8.21. The van der Waals surface area contributed by atoms with E-state index in [1.807, 2.05) is 11.3 Å². The Morgan fingerprint density at radius 1 is 1.05 bits per heavy atom. The Bertz CT molecular complexity index is 337. The van der Waals surface area contributed by atoms with E-state index in [0.717, 1.165) is 6.42 Å². The summed E-state index contributed by atoms with van der Waals surface area (Å²) in [7, 11) is 0. The number of hydrogen-bond acceptors (Lipinski definition) is 2. The van der Waals surface area contributed by atoms with E-state index in [4.69, 9.17) is 5.73 Å². The van der Waals surface area contributed by atoms with Crippen molar-refractivity contribution < 1.29 is 0 Å². The molecule has 1 rings (SSSR count). The van der Waals surface area contributed by atoms with Crippen LogP contribution in [0.25, 0.3) is 0 Å². The monoisotopic (exact) mass is 359 g/mol. The molecule has 1 aromatic heterocycles. The lowest BCUT2D eigenvalue weighted by Crippen LogP contribution is -2.22. The van der Waals surface area contributed by atoms with E-state index in [-0.39, 0.29) is 0 Å². The van der Waals surface area contributed by atoms with Gasteiger partial charge in [-0.25, -0.2) is 0 Å². The summed E-state index contributed by atoms with van der Waals surface area (Å²) >= 11 is 5.30. The molecule has 3 heteroatoms. The molecule has 20 heavy (non-hydrogen) atoms. The van der Waals surface area contributed by atoms with E-state index in [1.165, 1.54) is 73.6 Å². The Hall–Kier alpha value is 0.140. The highest BCUT2D eigenvalue weighted by molar-refractivity contribution is 9.10. The van der Waals surface area contributed by atoms with Gasteiger partial charge < -0.3 is 5.73 Å². The number of unbranched alkanes of at least 4 members (excludes halogenated alkanes) is 8. The van der Waals surface area contributed by atoms with Gasteiger partial charge in [-0.1, -0.05) is 64.7 Å². The third-order valence-electron chi connectivity index (χ3n) is 3.76. The van der Waals surface area contributed by atoms with Gasteiger partial charge in [0.1, 0.15) is 0 Å². The Kier molecular flexibility index (Phi) is 10.7. The number of halogens is 1. The molecule has 1 unspecified atom stereocenters. The van der Waals surface area contributed by atoms with E-state index in [2.05, 4.69) is 34.3 Å². The van der Waals surface area contributed by atoms with Gasteiger partial charge in [0.15, 0.2) is 0 Å². The molecule has 0 amide bonds. The quantitative estimate of drug-likeness (QED) is 0.435. The highest BCUT2D eigenvalue weighted by Crippen LogP contribution is 2.21. The van der Waals surface area contributed by atoms with Crippen LogP contribution in [0.4, 0.5) is 0 Å². The zero-order valence-electron chi connectivity index (χ0n) is 12.9. The van der Waals surface area contributed by atoms with Gasteiger partial charge in [-0.05, 0) is 34.8 Å². The van der Waals surface area contributed by atoms with Crippen LogP contribution >= 0.6 is 27.3 Å². The predicted molar refractivity (Wildman–Crippen MR) is 95.5 cm³/mol. The summed E-state index contributed by atoms with van der Waals surface area (Å²) in [5.41, 5.74) is 6.20. The van der Waals surface area contributed by atoms with Crippen molar-refractivity contribution in [2.75, 3.05) is 0 Å². The van der Waals surface area contributed by atoms with Crippen LogP contribution < -0.4 is 5.73 Å². The molecule has 0 radical (unpaired) electrons. The second-order valence-corrected chi connectivity index (χ2v) is 7.72. The van der Waals surface area contributed by atoms with Gasteiger partial charge in [-0.15, -0.1) is 11.3 Å². The molecule has 1 heterocycles. The van der Waals surface area contributed by atoms with Crippen molar-refractivity contribution in [1.82, 2.24) is 0 Å². The fourth-order valence-electron chi connectivity index (χ4n) is 2.54. The van der Waals surface area contributed by atoms with Crippen LogP contribution in [-0.4, -0.2) is 6.04 Å². The highest BCUT2D eigenvalue weighted by Gasteiger charge is 2.06. The number of rotatable bonds is 12. The van der Waals surface area contributed by atoms with E-state index in [1.54, 1.807) is 0 Å². The molecule has 0 fully saturated rings. The van der Waals surface area contributed by atoms with E-state index >= 15 is 0 Å². The second kappa shape index (κ2) is 11.8. The minimum Gasteiger partial charge on any atom is -0.327 e. The standard InChI is InChI=1S/C17H30BrNS/c1-2-3-4-5-6-7-8-9-10-11-16(19)13-17-12-15(18)14-20-17/h12,14,16H,2-11,13,19H2,1H3. The second-order valence-electron chi connectivity index (χ2n) is 5.81. The Labute approximate surface area is 137 Å². The van der Waals surface area contributed by atoms with Crippen LogP contribution in [0.1, 0.15) is 76.0 Å². The first-order chi connectivity index (χ1) is 9.72. The fourth-order valence-corrected chi connectivity index (χ4v) is 4.08. The normalized spacial score (nSPS) is 12.8. The molecule has 0 aliphatic heterocycles. The molecule has 2 N–H and O–H groups in total. The van der Waals surface area contributed by atoms with Gasteiger partial charge in [0, 0.05) is 20.8 Å². The molecule has 0 aliphatic rings. The largest absolute Gasteiger partial charge is 0.327 e. The third kappa shape index (κ3) is 9.15. The van der Waals surface area contributed by atoms with Crippen LogP contribution in [0.3, 0.4) is 0 Å². The topological polar surface area (TPSA) is 26.0 Å². The molecule has 0 saturated carbocycles. The molecule has 0 saturated heterocycles. The lowest BCUT2D eigenvalue weighted by Gasteiger charge is -2.10. The molecular formula is C17H30BrNS. The number of nitrogens with two attached hydrogens (primary N) is 1. The van der Waals surface area contributed by atoms with Crippen molar-refractivity contribution >= 4 is 27.3 Å². The van der Waals surface area contributed by atoms with Gasteiger partial charge in [0.25, 0.3) is 0 Å². The predicted octanol–water partition coefficient (Wildman–Crippen LogP) is 6.30. The van der Waals surface area contributed by atoms with Crippen molar-refractivity contribution in [1.29, 1.82) is 0 Å². The molecule has 0 aliphatic carbocycles. The van der Waals surface area contributed by atoms with E-state index in [0.29, 0.717) is 6.04 Å². The molecule has 1 nitrogen and oxygen atoms in total. The average Bonchev–Trinajstić information content (AvgIpc) is 2.82. The van der Waals surface area contributed by atoms with E-state index < -0.39 is 0 Å². The maximum Gasteiger partial charge on any atom is 0.0285 e. The first kappa shape index (κ1) is 18.2. The Morgan fingerprint density at radius 3 is 2.20 bits per heavy atom. The van der Waals surface area contributed by atoms with Gasteiger partial charge in [-0.2, -0.15) is 0 Å². The molecule has 0 aromatic carbocycles. The molecular weight excluding hydrogens is 330 g/mol. The average molecular weight is 360 g/mol. The summed E-state index contributed by atoms with van der Waals surface area (Å²) in [6, 6.07) is 2.53. The molecule has 1 aromatic rings. The summed E-state index contributed by atoms with van der Waals surface area (Å²) in [6.07, 6.45) is 14.7. The maximum atomic E-state index is 6.20. The van der Waals surface area contributed by atoms with Crippen LogP contribution in [0.15, 0.2) is 15.9 Å². The smallest absolute Gasteiger partial charge is 0.0285 e. The van der Waals surface area contributed by atoms with Crippen LogP contribution in [0, 0.1) is 0 Å². The number of thiophene rings is 1. The Balaban J connectivity index is 1.90. The minimum atomic E-state index is 0.338. The zero-order chi connectivity index (χ0) is 14.6. The van der Waals surface area contributed by atoms with Gasteiger partial charge in [-0.3, -0.25) is 0 Å². The van der Waals surface area contributed by atoms with Crippen molar-refractivity contribution in [2.45, 2.75) is 83.6 Å². The molecule has 0 spiro atoms. The summed E-state index contributed by atoms with van der Waals surface area (Å²) in [5.74, 6) is 0. The molecule has 1 atom stereocenters. The van der Waals surface area contributed by atoms with Gasteiger partial charge in [0.05, 0.1) is 0 Å². The van der Waals surface area contributed by atoms with Crippen LogP contribution in [-0.2, 0) is 6.42 Å². The van der Waals surface area contributed by atoms with E-state index in [9.17, 15) is 0 Å². The van der Waals surface area contributed by atoms with Crippen LogP contribution in [0.2, 0.25) is 0 Å². The lowest BCUT2D eigenvalue weighted by atomic mass is 10.0. The summed E-state index contributed by atoms with van der Waals surface area (Å²) in [5, 5.41) is 2.14. The summed E-state index contributed by atoms with van der Waals surface area (Å²) in [6.45, 7) is 2.28. The number of hydrogen-bond donors (Lipinski definition) is 1. The molecule has 116 valence electrons. The summed E-state index contributed by atoms with van der Waals surface area (Å²) in [4.78, 5) is 1.40.